The average molecular weight is 259 g/mol. The van der Waals surface area contributed by atoms with Gasteiger partial charge in [0, 0.05) is 6.20 Å². The largest absolute Gasteiger partial charge is 0.449 e. The van der Waals surface area contributed by atoms with Crippen LogP contribution in [0.4, 0.5) is 13.2 Å². The molecule has 2 aromatic rings. The van der Waals surface area contributed by atoms with Crippen LogP contribution >= 0.6 is 0 Å². The first-order chi connectivity index (χ1) is 8.38. The van der Waals surface area contributed by atoms with Gasteiger partial charge in [0.2, 0.25) is 0 Å². The SMILES string of the molecule is C[C@H](OC(=O)c1ccc2nncn2c1)C(F)(F)F. The van der Waals surface area contributed by atoms with E-state index in [-0.39, 0.29) is 5.56 Å². The molecule has 0 saturated heterocycles. The van der Waals surface area contributed by atoms with Crippen molar-refractivity contribution in [2.24, 2.45) is 0 Å². The normalized spacial score (nSPS) is 13.6. The van der Waals surface area contributed by atoms with Crippen LogP contribution in [0.25, 0.3) is 5.65 Å². The lowest BCUT2D eigenvalue weighted by Gasteiger charge is -2.16. The van der Waals surface area contributed by atoms with Gasteiger partial charge in [-0.3, -0.25) is 4.40 Å². The molecule has 18 heavy (non-hydrogen) atoms. The van der Waals surface area contributed by atoms with E-state index in [0.717, 1.165) is 6.92 Å². The predicted molar refractivity (Wildman–Crippen MR) is 53.9 cm³/mol. The van der Waals surface area contributed by atoms with Crippen LogP contribution in [0.2, 0.25) is 0 Å². The number of aromatic nitrogens is 3. The number of nitrogens with zero attached hydrogens (tertiary/aromatic N) is 3. The van der Waals surface area contributed by atoms with E-state index in [1.165, 1.54) is 29.1 Å². The number of hydrogen-bond donors (Lipinski definition) is 0. The van der Waals surface area contributed by atoms with Crippen LogP contribution in [-0.4, -0.2) is 32.8 Å². The van der Waals surface area contributed by atoms with Crippen molar-refractivity contribution in [1.82, 2.24) is 14.6 Å². The first-order valence-electron chi connectivity index (χ1n) is 4.95. The van der Waals surface area contributed by atoms with E-state index in [0.29, 0.717) is 5.65 Å². The minimum atomic E-state index is -4.57. The molecule has 2 aromatic heterocycles. The highest BCUT2D eigenvalue weighted by atomic mass is 19.4. The fourth-order valence-electron chi connectivity index (χ4n) is 1.24. The van der Waals surface area contributed by atoms with Crippen molar-refractivity contribution in [2.75, 3.05) is 0 Å². The number of ether oxygens (including phenoxy) is 1. The summed E-state index contributed by atoms with van der Waals surface area (Å²) in [4.78, 5) is 11.5. The fourth-order valence-corrected chi connectivity index (χ4v) is 1.24. The van der Waals surface area contributed by atoms with Crippen LogP contribution in [0.3, 0.4) is 0 Å². The predicted octanol–water partition coefficient (Wildman–Crippen LogP) is 1.84. The van der Waals surface area contributed by atoms with Gasteiger partial charge in [-0.15, -0.1) is 10.2 Å². The van der Waals surface area contributed by atoms with Crippen LogP contribution in [0.15, 0.2) is 24.7 Å². The Balaban J connectivity index is 2.18. The summed E-state index contributed by atoms with van der Waals surface area (Å²) < 4.78 is 42.4. The third-order valence-electron chi connectivity index (χ3n) is 2.27. The number of esters is 1. The topological polar surface area (TPSA) is 56.5 Å². The Hall–Kier alpha value is -2.12. The van der Waals surface area contributed by atoms with Crippen molar-refractivity contribution in [3.05, 3.63) is 30.2 Å². The number of hydrogen-bond acceptors (Lipinski definition) is 4. The Kier molecular flexibility index (Phi) is 2.93. The quantitative estimate of drug-likeness (QED) is 0.772. The van der Waals surface area contributed by atoms with Gasteiger partial charge in [-0.05, 0) is 19.1 Å². The summed E-state index contributed by atoms with van der Waals surface area (Å²) in [6.45, 7) is 0.773. The molecule has 0 bridgehead atoms. The van der Waals surface area contributed by atoms with Gasteiger partial charge in [-0.1, -0.05) is 0 Å². The molecule has 0 unspecified atom stereocenters. The molecule has 0 aliphatic carbocycles. The highest BCUT2D eigenvalue weighted by molar-refractivity contribution is 5.89. The molecule has 96 valence electrons. The zero-order chi connectivity index (χ0) is 13.3. The summed E-state index contributed by atoms with van der Waals surface area (Å²) in [6.07, 6.45) is -4.09. The molecule has 0 N–H and O–H groups in total. The van der Waals surface area contributed by atoms with Gasteiger partial charge in [-0.25, -0.2) is 4.79 Å². The van der Waals surface area contributed by atoms with Gasteiger partial charge in [0.05, 0.1) is 5.56 Å². The van der Waals surface area contributed by atoms with Gasteiger partial charge in [-0.2, -0.15) is 13.2 Å². The fraction of sp³-hybridized carbons (Fsp3) is 0.300. The maximum Gasteiger partial charge on any atom is 0.425 e. The van der Waals surface area contributed by atoms with E-state index in [9.17, 15) is 18.0 Å². The Bertz CT molecular complexity index is 579. The Morgan fingerprint density at radius 3 is 2.83 bits per heavy atom. The van der Waals surface area contributed by atoms with Gasteiger partial charge in [0.1, 0.15) is 6.33 Å². The van der Waals surface area contributed by atoms with Crippen LogP contribution in [-0.2, 0) is 4.74 Å². The zero-order valence-electron chi connectivity index (χ0n) is 9.18. The van der Waals surface area contributed by atoms with Crippen molar-refractivity contribution in [3.63, 3.8) is 0 Å². The number of alkyl halides is 3. The van der Waals surface area contributed by atoms with Crippen LogP contribution in [0.5, 0.6) is 0 Å². The lowest BCUT2D eigenvalue weighted by atomic mass is 10.3. The molecule has 2 rings (SSSR count). The smallest absolute Gasteiger partial charge is 0.425 e. The molecule has 8 heteroatoms. The minimum absolute atomic E-state index is 0.00148. The second kappa shape index (κ2) is 4.28. The average Bonchev–Trinajstić information content (AvgIpc) is 2.74. The zero-order valence-corrected chi connectivity index (χ0v) is 9.18. The van der Waals surface area contributed by atoms with Crippen LogP contribution < -0.4 is 0 Å². The molecule has 0 spiro atoms. The lowest BCUT2D eigenvalue weighted by molar-refractivity contribution is -0.198. The highest BCUT2D eigenvalue weighted by Gasteiger charge is 2.39. The third-order valence-corrected chi connectivity index (χ3v) is 2.27. The van der Waals surface area contributed by atoms with E-state index < -0.39 is 18.2 Å². The van der Waals surface area contributed by atoms with Gasteiger partial charge in [0.15, 0.2) is 11.8 Å². The molecule has 2 heterocycles. The van der Waals surface area contributed by atoms with Crippen molar-refractivity contribution in [1.29, 1.82) is 0 Å². The lowest BCUT2D eigenvalue weighted by Crippen LogP contribution is -2.30. The van der Waals surface area contributed by atoms with Crippen molar-refractivity contribution in [3.8, 4) is 0 Å². The van der Waals surface area contributed by atoms with E-state index in [1.807, 2.05) is 0 Å². The second-order valence-electron chi connectivity index (χ2n) is 3.60. The minimum Gasteiger partial charge on any atom is -0.449 e. The number of carbonyl (C=O) groups excluding carboxylic acids is 1. The second-order valence-corrected chi connectivity index (χ2v) is 3.60. The van der Waals surface area contributed by atoms with E-state index in [2.05, 4.69) is 14.9 Å². The Morgan fingerprint density at radius 1 is 1.44 bits per heavy atom. The first kappa shape index (κ1) is 12.3. The van der Waals surface area contributed by atoms with Crippen molar-refractivity contribution >= 4 is 11.6 Å². The van der Waals surface area contributed by atoms with E-state index in [1.54, 1.807) is 0 Å². The number of carbonyl (C=O) groups is 1. The summed E-state index contributed by atoms with van der Waals surface area (Å²) in [5.74, 6) is -1.05. The number of fused-ring (bicyclic) bond motifs is 1. The maximum absolute atomic E-state index is 12.2. The molecular weight excluding hydrogens is 251 g/mol. The summed E-state index contributed by atoms with van der Waals surface area (Å²) >= 11 is 0. The molecular formula is C10H8F3N3O2. The first-order valence-corrected chi connectivity index (χ1v) is 4.95. The Labute approximate surface area is 99.2 Å². The summed E-state index contributed by atoms with van der Waals surface area (Å²) in [6, 6.07) is 2.79. The molecule has 0 saturated carbocycles. The molecule has 0 amide bonds. The van der Waals surface area contributed by atoms with E-state index >= 15 is 0 Å². The van der Waals surface area contributed by atoms with Crippen molar-refractivity contribution in [2.45, 2.75) is 19.2 Å². The highest BCUT2D eigenvalue weighted by Crippen LogP contribution is 2.23. The number of pyridine rings is 1. The molecule has 0 aliphatic heterocycles. The summed E-state index contributed by atoms with van der Waals surface area (Å²) in [5, 5.41) is 7.28. The maximum atomic E-state index is 12.2. The number of rotatable bonds is 2. The molecule has 0 aliphatic rings. The monoisotopic (exact) mass is 259 g/mol. The molecule has 0 radical (unpaired) electrons. The summed E-state index contributed by atoms with van der Waals surface area (Å²) in [5.41, 5.74) is 0.480. The van der Waals surface area contributed by atoms with Crippen LogP contribution in [0.1, 0.15) is 17.3 Å². The van der Waals surface area contributed by atoms with Gasteiger partial charge < -0.3 is 4.74 Å². The van der Waals surface area contributed by atoms with E-state index in [4.69, 9.17) is 0 Å². The molecule has 0 aromatic carbocycles. The summed E-state index contributed by atoms with van der Waals surface area (Å²) in [7, 11) is 0. The molecule has 1 atom stereocenters. The van der Waals surface area contributed by atoms with Gasteiger partial charge in [0.25, 0.3) is 0 Å². The third kappa shape index (κ3) is 2.41. The van der Waals surface area contributed by atoms with Crippen molar-refractivity contribution < 1.29 is 22.7 Å². The Morgan fingerprint density at radius 2 is 2.17 bits per heavy atom. The standard InChI is InChI=1S/C10H8F3N3O2/c1-6(10(11,12)13)18-9(17)7-2-3-8-15-14-5-16(8)4-7/h2-6H,1H3/t6-/m0/s1. The molecule has 5 nitrogen and oxygen atoms in total. The van der Waals surface area contributed by atoms with Crippen LogP contribution in [0, 0.1) is 0 Å². The molecule has 0 fully saturated rings. The number of halogens is 3. The van der Waals surface area contributed by atoms with Gasteiger partial charge >= 0.3 is 12.1 Å².